The molecule has 2 aromatic rings. The van der Waals surface area contributed by atoms with E-state index in [0.29, 0.717) is 5.75 Å². The smallest absolute Gasteiger partial charge is 0.350 e. The summed E-state index contributed by atoms with van der Waals surface area (Å²) in [6, 6.07) is 16.7. The van der Waals surface area contributed by atoms with Crippen LogP contribution in [-0.2, 0) is 30.5 Å². The maximum Gasteiger partial charge on any atom is 0.350 e. The SMILES string of the molecule is CCC(=O)N1CC2[C@H](NC(=O)COc3ccccc3)C(=O)N2C1C(=O)OCc1ccccc1. The summed E-state index contributed by atoms with van der Waals surface area (Å²) in [7, 11) is 0. The molecule has 2 heterocycles. The van der Waals surface area contributed by atoms with Gasteiger partial charge in [0.2, 0.25) is 18.0 Å². The molecule has 9 heteroatoms. The second-order valence-electron chi connectivity index (χ2n) is 7.83. The maximum atomic E-state index is 12.9. The van der Waals surface area contributed by atoms with Crippen molar-refractivity contribution in [2.75, 3.05) is 13.2 Å². The molecule has 2 unspecified atom stereocenters. The zero-order chi connectivity index (χ0) is 23.4. The number of fused-ring (bicyclic) bond motifs is 1. The lowest BCUT2D eigenvalue weighted by atomic mass is 9.96. The molecule has 2 aliphatic heterocycles. The van der Waals surface area contributed by atoms with Crippen molar-refractivity contribution in [3.8, 4) is 5.75 Å². The molecule has 0 aliphatic carbocycles. The van der Waals surface area contributed by atoms with Gasteiger partial charge in [0, 0.05) is 13.0 Å². The third-order valence-electron chi connectivity index (χ3n) is 5.69. The van der Waals surface area contributed by atoms with Crippen LogP contribution in [0.4, 0.5) is 0 Å². The highest BCUT2D eigenvalue weighted by atomic mass is 16.5. The van der Waals surface area contributed by atoms with Gasteiger partial charge in [0.1, 0.15) is 18.4 Å². The number of para-hydroxylation sites is 1. The van der Waals surface area contributed by atoms with Crippen LogP contribution in [0.25, 0.3) is 0 Å². The van der Waals surface area contributed by atoms with E-state index >= 15 is 0 Å². The first-order valence-electron chi connectivity index (χ1n) is 10.8. The van der Waals surface area contributed by atoms with Gasteiger partial charge in [-0.1, -0.05) is 55.5 Å². The Hall–Kier alpha value is -3.88. The minimum atomic E-state index is -1.13. The number of esters is 1. The van der Waals surface area contributed by atoms with Gasteiger partial charge >= 0.3 is 5.97 Å². The summed E-state index contributed by atoms with van der Waals surface area (Å²) in [5, 5.41) is 2.66. The molecule has 4 rings (SSSR count). The largest absolute Gasteiger partial charge is 0.484 e. The van der Waals surface area contributed by atoms with E-state index in [4.69, 9.17) is 9.47 Å². The van der Waals surface area contributed by atoms with E-state index in [1.807, 2.05) is 36.4 Å². The molecule has 3 amide bonds. The normalized spacial score (nSPS) is 21.1. The molecule has 172 valence electrons. The number of β-lactam (4-membered cyclic amide) rings is 1. The zero-order valence-corrected chi connectivity index (χ0v) is 18.2. The van der Waals surface area contributed by atoms with Crippen LogP contribution < -0.4 is 10.1 Å². The predicted molar refractivity (Wildman–Crippen MR) is 117 cm³/mol. The molecule has 9 nitrogen and oxygen atoms in total. The van der Waals surface area contributed by atoms with Crippen molar-refractivity contribution in [3.05, 3.63) is 66.2 Å². The van der Waals surface area contributed by atoms with E-state index in [1.54, 1.807) is 31.2 Å². The molecule has 1 N–H and O–H groups in total. The van der Waals surface area contributed by atoms with E-state index in [-0.39, 0.29) is 32.1 Å². The van der Waals surface area contributed by atoms with Crippen molar-refractivity contribution in [2.45, 2.75) is 38.2 Å². The van der Waals surface area contributed by atoms with Crippen LogP contribution in [0.15, 0.2) is 60.7 Å². The van der Waals surface area contributed by atoms with Crippen LogP contribution in [0, 0.1) is 0 Å². The predicted octanol–water partition coefficient (Wildman–Crippen LogP) is 1.08. The summed E-state index contributed by atoms with van der Waals surface area (Å²) in [4.78, 5) is 53.2. The molecule has 0 bridgehead atoms. The fraction of sp³-hybridized carbons (Fsp3) is 0.333. The molecular weight excluding hydrogens is 426 g/mol. The number of carbonyl (C=O) groups is 4. The first-order valence-corrected chi connectivity index (χ1v) is 10.8. The van der Waals surface area contributed by atoms with Gasteiger partial charge in [0.15, 0.2) is 6.61 Å². The highest BCUT2D eigenvalue weighted by molar-refractivity contribution is 5.99. The molecule has 3 atom stereocenters. The molecular formula is C24H25N3O6. The standard InChI is InChI=1S/C24H25N3O6/c1-2-20(29)26-13-18-21(25-19(28)15-32-17-11-7-4-8-12-17)23(30)27(18)22(26)24(31)33-14-16-9-5-3-6-10-16/h3-12,18,21-22H,2,13-15H2,1H3,(H,25,28)/t18?,21-,22?/m0/s1. The number of amides is 3. The average molecular weight is 451 g/mol. The van der Waals surface area contributed by atoms with Gasteiger partial charge in [-0.2, -0.15) is 0 Å². The van der Waals surface area contributed by atoms with Crippen molar-refractivity contribution >= 4 is 23.7 Å². The number of hydrogen-bond acceptors (Lipinski definition) is 6. The van der Waals surface area contributed by atoms with Gasteiger partial charge in [-0.05, 0) is 17.7 Å². The third kappa shape index (κ3) is 4.67. The fourth-order valence-corrected chi connectivity index (χ4v) is 4.04. The van der Waals surface area contributed by atoms with Gasteiger partial charge in [-0.25, -0.2) is 4.79 Å². The van der Waals surface area contributed by atoms with E-state index in [0.717, 1.165) is 5.56 Å². The fourth-order valence-electron chi connectivity index (χ4n) is 4.04. The van der Waals surface area contributed by atoms with Crippen LogP contribution in [0.5, 0.6) is 5.75 Å². The van der Waals surface area contributed by atoms with Crippen LogP contribution in [0.2, 0.25) is 0 Å². The number of nitrogens with one attached hydrogen (secondary N) is 1. The number of benzene rings is 2. The molecule has 2 saturated heterocycles. The van der Waals surface area contributed by atoms with Crippen LogP contribution in [0.3, 0.4) is 0 Å². The first-order chi connectivity index (χ1) is 16.0. The lowest BCUT2D eigenvalue weighted by molar-refractivity contribution is -0.170. The minimum absolute atomic E-state index is 0.0357. The monoisotopic (exact) mass is 451 g/mol. The van der Waals surface area contributed by atoms with Gasteiger partial charge in [-0.15, -0.1) is 0 Å². The Morgan fingerprint density at radius 3 is 2.36 bits per heavy atom. The molecule has 2 aliphatic rings. The molecule has 0 saturated carbocycles. The van der Waals surface area contributed by atoms with Gasteiger partial charge in [0.05, 0.1) is 6.04 Å². The summed E-state index contributed by atoms with van der Waals surface area (Å²) < 4.78 is 10.8. The lowest BCUT2D eigenvalue weighted by Gasteiger charge is -2.43. The number of nitrogens with zero attached hydrogens (tertiary/aromatic N) is 2. The van der Waals surface area contributed by atoms with Crippen molar-refractivity contribution in [1.29, 1.82) is 0 Å². The van der Waals surface area contributed by atoms with Gasteiger partial charge in [0.25, 0.3) is 5.91 Å². The molecule has 33 heavy (non-hydrogen) atoms. The molecule has 0 spiro atoms. The first kappa shape index (κ1) is 22.3. The quantitative estimate of drug-likeness (QED) is 0.476. The molecule has 0 aromatic heterocycles. The van der Waals surface area contributed by atoms with Crippen molar-refractivity contribution in [2.24, 2.45) is 0 Å². The third-order valence-corrected chi connectivity index (χ3v) is 5.69. The van der Waals surface area contributed by atoms with Crippen LogP contribution >= 0.6 is 0 Å². The Bertz CT molecular complexity index is 1030. The number of hydrogen-bond donors (Lipinski definition) is 1. The number of ether oxygens (including phenoxy) is 2. The topological polar surface area (TPSA) is 105 Å². The Kier molecular flexibility index (Phi) is 6.58. The molecule has 2 aromatic carbocycles. The highest BCUT2D eigenvalue weighted by Gasteiger charge is 2.61. The van der Waals surface area contributed by atoms with Gasteiger partial charge < -0.3 is 24.6 Å². The number of rotatable bonds is 8. The maximum absolute atomic E-state index is 12.9. The summed E-state index contributed by atoms with van der Waals surface area (Å²) in [5.41, 5.74) is 0.798. The summed E-state index contributed by atoms with van der Waals surface area (Å²) in [6.45, 7) is 1.62. The lowest BCUT2D eigenvalue weighted by Crippen LogP contribution is -2.71. The van der Waals surface area contributed by atoms with Crippen LogP contribution in [-0.4, -0.2) is 64.9 Å². The zero-order valence-electron chi connectivity index (χ0n) is 18.2. The second kappa shape index (κ2) is 9.72. The Morgan fingerprint density at radius 2 is 1.70 bits per heavy atom. The van der Waals surface area contributed by atoms with E-state index in [9.17, 15) is 19.2 Å². The minimum Gasteiger partial charge on any atom is -0.484 e. The Morgan fingerprint density at radius 1 is 1.03 bits per heavy atom. The number of carbonyl (C=O) groups excluding carboxylic acids is 4. The van der Waals surface area contributed by atoms with E-state index in [1.165, 1.54) is 9.80 Å². The molecule has 0 radical (unpaired) electrons. The summed E-state index contributed by atoms with van der Waals surface area (Å²) in [6.07, 6.45) is -0.952. The second-order valence-corrected chi connectivity index (χ2v) is 7.83. The van der Waals surface area contributed by atoms with Crippen molar-refractivity contribution < 1.29 is 28.7 Å². The molecule has 2 fully saturated rings. The average Bonchev–Trinajstić information content (AvgIpc) is 3.22. The van der Waals surface area contributed by atoms with Crippen LogP contribution in [0.1, 0.15) is 18.9 Å². The van der Waals surface area contributed by atoms with Crippen molar-refractivity contribution in [1.82, 2.24) is 15.1 Å². The van der Waals surface area contributed by atoms with Gasteiger partial charge in [-0.3, -0.25) is 14.4 Å². The summed E-state index contributed by atoms with van der Waals surface area (Å²) in [5.74, 6) is -1.29. The highest BCUT2D eigenvalue weighted by Crippen LogP contribution is 2.33. The van der Waals surface area contributed by atoms with Crippen molar-refractivity contribution in [3.63, 3.8) is 0 Å². The Balaban J connectivity index is 1.39. The Labute approximate surface area is 191 Å². The van der Waals surface area contributed by atoms with E-state index in [2.05, 4.69) is 5.32 Å². The van der Waals surface area contributed by atoms with E-state index < -0.39 is 36.0 Å². The summed E-state index contributed by atoms with van der Waals surface area (Å²) >= 11 is 0.